The van der Waals surface area contributed by atoms with Crippen LogP contribution < -0.4 is 5.32 Å². The predicted octanol–water partition coefficient (Wildman–Crippen LogP) is 1.56. The van der Waals surface area contributed by atoms with Crippen LogP contribution in [0.1, 0.15) is 18.2 Å². The van der Waals surface area contributed by atoms with Crippen LogP contribution in [0.2, 0.25) is 0 Å². The summed E-state index contributed by atoms with van der Waals surface area (Å²) in [6, 6.07) is 2.39. The summed E-state index contributed by atoms with van der Waals surface area (Å²) < 4.78 is 76.2. The first-order valence-electron chi connectivity index (χ1n) is 9.72. The van der Waals surface area contributed by atoms with Gasteiger partial charge >= 0.3 is 24.2 Å². The molecule has 1 rings (SSSR count). The molecule has 0 fully saturated rings. The fourth-order valence-electron chi connectivity index (χ4n) is 2.62. The van der Waals surface area contributed by atoms with Crippen molar-refractivity contribution in [3.8, 4) is 0 Å². The number of rotatable bonds is 10. The Hall–Kier alpha value is -2.90. The minimum Gasteiger partial charge on any atom is -0.344 e. The Balaban J connectivity index is 3.00. The van der Waals surface area contributed by atoms with E-state index in [0.717, 1.165) is 12.3 Å². The number of pyridine rings is 1. The third kappa shape index (κ3) is 9.63. The van der Waals surface area contributed by atoms with Crippen LogP contribution in [0.5, 0.6) is 0 Å². The first-order valence-corrected chi connectivity index (χ1v) is 9.72. The molecule has 33 heavy (non-hydrogen) atoms. The second-order valence-corrected chi connectivity index (χ2v) is 7.27. The van der Waals surface area contributed by atoms with Gasteiger partial charge in [0, 0.05) is 32.4 Å². The van der Waals surface area contributed by atoms with E-state index in [1.54, 1.807) is 31.2 Å². The van der Waals surface area contributed by atoms with Gasteiger partial charge in [0.05, 0.1) is 12.2 Å². The number of hydrogen-bond donors (Lipinski definition) is 1. The SMILES string of the molecule is CCN(CCN(C)C)C(=O)CN(Cc1cc(CNC(=O)C(F)(F)F)ccn1)C(=O)C(F)(F)F. The molecule has 0 atom stereocenters. The maximum absolute atomic E-state index is 13.1. The van der Waals surface area contributed by atoms with Crippen molar-refractivity contribution in [3.05, 3.63) is 29.6 Å². The standard InChI is InChI=1S/C19H25F6N5O3/c1-4-29(8-7-28(2)3)15(31)12-30(17(33)19(23,24)25)11-14-9-13(5-6-26-14)10-27-16(32)18(20,21)22/h5-6,9H,4,7-8,10-12H2,1-3H3,(H,27,32). The molecule has 0 aliphatic heterocycles. The van der Waals surface area contributed by atoms with E-state index in [0.29, 0.717) is 6.54 Å². The van der Waals surface area contributed by atoms with Gasteiger partial charge < -0.3 is 20.0 Å². The van der Waals surface area contributed by atoms with Crippen LogP contribution in [0.3, 0.4) is 0 Å². The van der Waals surface area contributed by atoms with Crippen molar-refractivity contribution in [2.45, 2.75) is 32.4 Å². The molecule has 0 spiro atoms. The highest BCUT2D eigenvalue weighted by Crippen LogP contribution is 2.20. The monoisotopic (exact) mass is 485 g/mol. The number of halogens is 6. The fourth-order valence-corrected chi connectivity index (χ4v) is 2.62. The van der Waals surface area contributed by atoms with E-state index in [1.807, 2.05) is 0 Å². The Kier molecular flexibility index (Phi) is 10.1. The van der Waals surface area contributed by atoms with Gasteiger partial charge in [-0.1, -0.05) is 0 Å². The molecule has 0 saturated carbocycles. The summed E-state index contributed by atoms with van der Waals surface area (Å²) in [7, 11) is 3.52. The number of carbonyl (C=O) groups excluding carboxylic acids is 3. The summed E-state index contributed by atoms with van der Waals surface area (Å²) in [6.45, 7) is 0.418. The normalized spacial score (nSPS) is 11.9. The zero-order chi connectivity index (χ0) is 25.4. The average molecular weight is 485 g/mol. The number of aromatic nitrogens is 1. The van der Waals surface area contributed by atoms with Crippen LogP contribution >= 0.6 is 0 Å². The number of nitrogens with one attached hydrogen (secondary N) is 1. The highest BCUT2D eigenvalue weighted by atomic mass is 19.4. The van der Waals surface area contributed by atoms with E-state index in [1.165, 1.54) is 11.0 Å². The summed E-state index contributed by atoms with van der Waals surface area (Å²) in [4.78, 5) is 42.5. The highest BCUT2D eigenvalue weighted by Gasteiger charge is 2.43. The van der Waals surface area contributed by atoms with Crippen LogP contribution in [-0.4, -0.2) is 90.0 Å². The van der Waals surface area contributed by atoms with E-state index < -0.39 is 49.7 Å². The molecule has 14 heteroatoms. The second-order valence-electron chi connectivity index (χ2n) is 7.27. The smallest absolute Gasteiger partial charge is 0.344 e. The molecule has 0 aromatic carbocycles. The first-order chi connectivity index (χ1) is 15.1. The third-order valence-corrected chi connectivity index (χ3v) is 4.35. The second kappa shape index (κ2) is 11.8. The number of nitrogens with zero attached hydrogens (tertiary/aromatic N) is 4. The molecule has 8 nitrogen and oxygen atoms in total. The largest absolute Gasteiger partial charge is 0.471 e. The van der Waals surface area contributed by atoms with E-state index >= 15 is 0 Å². The molecule has 1 aromatic rings. The van der Waals surface area contributed by atoms with Gasteiger partial charge in [-0.25, -0.2) is 0 Å². The molecular formula is C19H25F6N5O3. The van der Waals surface area contributed by atoms with Crippen molar-refractivity contribution in [3.63, 3.8) is 0 Å². The zero-order valence-electron chi connectivity index (χ0n) is 18.3. The van der Waals surface area contributed by atoms with Gasteiger partial charge in [-0.3, -0.25) is 19.4 Å². The lowest BCUT2D eigenvalue weighted by Crippen LogP contribution is -2.48. The molecule has 1 heterocycles. The molecule has 0 bridgehead atoms. The van der Waals surface area contributed by atoms with Gasteiger partial charge in [0.1, 0.15) is 6.54 Å². The van der Waals surface area contributed by atoms with Gasteiger partial charge in [0.2, 0.25) is 5.91 Å². The number of alkyl halides is 6. The topological polar surface area (TPSA) is 85.8 Å². The number of hydrogen-bond acceptors (Lipinski definition) is 5. The summed E-state index contributed by atoms with van der Waals surface area (Å²) in [5.41, 5.74) is 0.0139. The Morgan fingerprint density at radius 1 is 1.00 bits per heavy atom. The van der Waals surface area contributed by atoms with Crippen molar-refractivity contribution in [2.75, 3.05) is 40.3 Å². The first kappa shape index (κ1) is 28.1. The number of carbonyl (C=O) groups is 3. The van der Waals surface area contributed by atoms with Gasteiger partial charge in [-0.2, -0.15) is 26.3 Å². The average Bonchev–Trinajstić information content (AvgIpc) is 2.70. The minimum atomic E-state index is -5.25. The number of amides is 3. The van der Waals surface area contributed by atoms with E-state index in [9.17, 15) is 40.7 Å². The molecule has 0 saturated heterocycles. The van der Waals surface area contributed by atoms with Crippen LogP contribution in [-0.2, 0) is 27.5 Å². The van der Waals surface area contributed by atoms with E-state index in [2.05, 4.69) is 4.98 Å². The molecule has 3 amide bonds. The zero-order valence-corrected chi connectivity index (χ0v) is 18.3. The van der Waals surface area contributed by atoms with Gasteiger partial charge in [0.15, 0.2) is 0 Å². The Labute approximate surface area is 186 Å². The van der Waals surface area contributed by atoms with Crippen LogP contribution in [0, 0.1) is 0 Å². The lowest BCUT2D eigenvalue weighted by Gasteiger charge is -2.28. The van der Waals surface area contributed by atoms with Gasteiger partial charge in [0.25, 0.3) is 0 Å². The fraction of sp³-hybridized carbons (Fsp3) is 0.579. The van der Waals surface area contributed by atoms with Crippen molar-refractivity contribution in [2.24, 2.45) is 0 Å². The number of likely N-dealkylation sites (N-methyl/N-ethyl adjacent to an activating group) is 2. The van der Waals surface area contributed by atoms with Crippen molar-refractivity contribution < 1.29 is 40.7 Å². The lowest BCUT2D eigenvalue weighted by atomic mass is 10.2. The Morgan fingerprint density at radius 3 is 2.15 bits per heavy atom. The summed E-state index contributed by atoms with van der Waals surface area (Å²) in [5, 5.41) is 1.63. The molecule has 0 aliphatic carbocycles. The molecular weight excluding hydrogens is 460 g/mol. The molecule has 0 unspecified atom stereocenters. The van der Waals surface area contributed by atoms with Gasteiger partial charge in [-0.05, 0) is 38.7 Å². The van der Waals surface area contributed by atoms with E-state index in [4.69, 9.17) is 0 Å². The van der Waals surface area contributed by atoms with Crippen molar-refractivity contribution in [1.82, 2.24) is 25.0 Å². The van der Waals surface area contributed by atoms with Gasteiger partial charge in [-0.15, -0.1) is 0 Å². The third-order valence-electron chi connectivity index (χ3n) is 4.35. The van der Waals surface area contributed by atoms with Crippen molar-refractivity contribution >= 4 is 17.7 Å². The molecule has 1 N–H and O–H groups in total. The molecule has 186 valence electrons. The minimum absolute atomic E-state index is 0.101. The maximum Gasteiger partial charge on any atom is 0.471 e. The highest BCUT2D eigenvalue weighted by molar-refractivity contribution is 5.87. The van der Waals surface area contributed by atoms with Crippen molar-refractivity contribution in [1.29, 1.82) is 0 Å². The summed E-state index contributed by atoms with van der Waals surface area (Å²) in [5.74, 6) is -5.14. The molecule has 0 radical (unpaired) electrons. The molecule has 0 aliphatic rings. The van der Waals surface area contributed by atoms with Crippen LogP contribution in [0.4, 0.5) is 26.3 Å². The predicted molar refractivity (Wildman–Crippen MR) is 104 cm³/mol. The van der Waals surface area contributed by atoms with Crippen LogP contribution in [0.15, 0.2) is 18.3 Å². The Bertz CT molecular complexity index is 829. The lowest BCUT2D eigenvalue weighted by molar-refractivity contribution is -0.187. The quantitative estimate of drug-likeness (QED) is 0.509. The maximum atomic E-state index is 13.1. The van der Waals surface area contributed by atoms with Crippen LogP contribution in [0.25, 0.3) is 0 Å². The Morgan fingerprint density at radius 2 is 1.64 bits per heavy atom. The summed E-state index contributed by atoms with van der Waals surface area (Å²) in [6.07, 6.45) is -9.24. The van der Waals surface area contributed by atoms with E-state index in [-0.39, 0.29) is 29.2 Å². The summed E-state index contributed by atoms with van der Waals surface area (Å²) >= 11 is 0. The molecule has 1 aromatic heterocycles.